The number of aromatic nitrogens is 1. The summed E-state index contributed by atoms with van der Waals surface area (Å²) in [5.41, 5.74) is 0.0367. The molecule has 6 heteroatoms. The predicted octanol–water partition coefficient (Wildman–Crippen LogP) is 3.38. The van der Waals surface area contributed by atoms with E-state index < -0.39 is 5.97 Å². The van der Waals surface area contributed by atoms with Crippen molar-refractivity contribution in [2.24, 2.45) is 0 Å². The lowest BCUT2D eigenvalue weighted by Gasteiger charge is -2.06. The van der Waals surface area contributed by atoms with Gasteiger partial charge in [-0.3, -0.25) is 0 Å². The van der Waals surface area contributed by atoms with Gasteiger partial charge in [0, 0.05) is 6.20 Å². The molecule has 1 heterocycles. The highest BCUT2D eigenvalue weighted by Gasteiger charge is 2.10. The maximum Gasteiger partial charge on any atom is 0.337 e. The second-order valence-corrected chi connectivity index (χ2v) is 5.31. The summed E-state index contributed by atoms with van der Waals surface area (Å²) >= 11 is 7.31. The van der Waals surface area contributed by atoms with Crippen LogP contribution in [0.2, 0.25) is 5.02 Å². The quantitative estimate of drug-likeness (QED) is 0.934. The number of thiazole rings is 1. The Balaban J connectivity index is 2.10. The zero-order valence-corrected chi connectivity index (χ0v) is 11.1. The molecular formula is C12H10ClNO3S. The van der Waals surface area contributed by atoms with Gasteiger partial charge in [-0.1, -0.05) is 11.6 Å². The largest absolute Gasteiger partial charge is 0.488 e. The summed E-state index contributed by atoms with van der Waals surface area (Å²) in [6.45, 7) is 2.28. The van der Waals surface area contributed by atoms with Crippen LogP contribution in [0.15, 0.2) is 24.4 Å². The third-order valence-electron chi connectivity index (χ3n) is 2.22. The van der Waals surface area contributed by atoms with Crippen molar-refractivity contribution in [3.05, 3.63) is 44.9 Å². The monoisotopic (exact) mass is 283 g/mol. The summed E-state index contributed by atoms with van der Waals surface area (Å²) in [7, 11) is 0. The molecule has 1 aromatic carbocycles. The van der Waals surface area contributed by atoms with E-state index in [9.17, 15) is 4.79 Å². The summed E-state index contributed by atoms with van der Waals surface area (Å²) in [6.07, 6.45) is 1.74. The first kappa shape index (κ1) is 12.9. The Morgan fingerprint density at radius 3 is 2.94 bits per heavy atom. The van der Waals surface area contributed by atoms with Gasteiger partial charge in [0.25, 0.3) is 0 Å². The fourth-order valence-electron chi connectivity index (χ4n) is 1.38. The SMILES string of the molecule is Cc1ncc(COc2ccc(Cl)c(C(=O)O)c2)s1. The Kier molecular flexibility index (Phi) is 3.84. The van der Waals surface area contributed by atoms with E-state index in [0.29, 0.717) is 12.4 Å². The average Bonchev–Trinajstić information content (AvgIpc) is 2.74. The molecule has 0 aliphatic carbocycles. The van der Waals surface area contributed by atoms with Crippen LogP contribution in [0, 0.1) is 6.92 Å². The number of aryl methyl sites for hydroxylation is 1. The highest BCUT2D eigenvalue weighted by molar-refractivity contribution is 7.11. The van der Waals surface area contributed by atoms with E-state index in [-0.39, 0.29) is 10.6 Å². The van der Waals surface area contributed by atoms with Crippen molar-refractivity contribution in [3.63, 3.8) is 0 Å². The molecule has 18 heavy (non-hydrogen) atoms. The second kappa shape index (κ2) is 5.37. The van der Waals surface area contributed by atoms with E-state index in [1.165, 1.54) is 12.1 Å². The lowest BCUT2D eigenvalue weighted by atomic mass is 10.2. The first-order valence-electron chi connectivity index (χ1n) is 5.13. The van der Waals surface area contributed by atoms with Crippen LogP contribution in [0.5, 0.6) is 5.75 Å². The summed E-state index contributed by atoms with van der Waals surface area (Å²) in [4.78, 5) is 16.0. The van der Waals surface area contributed by atoms with E-state index in [1.807, 2.05) is 6.92 Å². The number of carboxylic acid groups (broad SMARTS) is 1. The van der Waals surface area contributed by atoms with Gasteiger partial charge in [-0.25, -0.2) is 9.78 Å². The number of carbonyl (C=O) groups is 1. The van der Waals surface area contributed by atoms with Gasteiger partial charge < -0.3 is 9.84 Å². The normalized spacial score (nSPS) is 10.3. The molecule has 2 rings (SSSR count). The molecule has 2 aromatic rings. The molecule has 0 bridgehead atoms. The number of halogens is 1. The molecule has 0 atom stereocenters. The van der Waals surface area contributed by atoms with Crippen LogP contribution in [0.4, 0.5) is 0 Å². The Morgan fingerprint density at radius 1 is 1.56 bits per heavy atom. The number of rotatable bonds is 4. The first-order valence-corrected chi connectivity index (χ1v) is 6.32. The first-order chi connectivity index (χ1) is 8.56. The van der Waals surface area contributed by atoms with Crippen LogP contribution in [0.1, 0.15) is 20.2 Å². The molecule has 0 saturated carbocycles. The molecule has 94 valence electrons. The van der Waals surface area contributed by atoms with Crippen molar-refractivity contribution in [2.45, 2.75) is 13.5 Å². The molecular weight excluding hydrogens is 274 g/mol. The van der Waals surface area contributed by atoms with E-state index in [2.05, 4.69) is 4.98 Å². The zero-order chi connectivity index (χ0) is 13.1. The lowest BCUT2D eigenvalue weighted by molar-refractivity contribution is 0.0696. The highest BCUT2D eigenvalue weighted by atomic mass is 35.5. The van der Waals surface area contributed by atoms with Gasteiger partial charge in [-0.2, -0.15) is 0 Å². The molecule has 0 aliphatic heterocycles. The van der Waals surface area contributed by atoms with Crippen molar-refractivity contribution < 1.29 is 14.6 Å². The van der Waals surface area contributed by atoms with Crippen LogP contribution in [-0.2, 0) is 6.61 Å². The minimum absolute atomic E-state index is 0.0367. The molecule has 0 radical (unpaired) electrons. The Hall–Kier alpha value is -1.59. The van der Waals surface area contributed by atoms with Gasteiger partial charge in [0.2, 0.25) is 0 Å². The average molecular weight is 284 g/mol. The fraction of sp³-hybridized carbons (Fsp3) is 0.167. The topological polar surface area (TPSA) is 59.4 Å². The molecule has 1 N–H and O–H groups in total. The third kappa shape index (κ3) is 3.00. The lowest BCUT2D eigenvalue weighted by Crippen LogP contribution is -1.99. The van der Waals surface area contributed by atoms with Gasteiger partial charge in [-0.05, 0) is 25.1 Å². The number of carboxylic acids is 1. The molecule has 4 nitrogen and oxygen atoms in total. The van der Waals surface area contributed by atoms with Gasteiger partial charge in [0.05, 0.1) is 20.5 Å². The van der Waals surface area contributed by atoms with Crippen molar-refractivity contribution >= 4 is 28.9 Å². The molecule has 0 saturated heterocycles. The van der Waals surface area contributed by atoms with E-state index in [0.717, 1.165) is 9.88 Å². The Labute approximate surface area is 113 Å². The van der Waals surface area contributed by atoms with Crippen molar-refractivity contribution in [3.8, 4) is 5.75 Å². The highest BCUT2D eigenvalue weighted by Crippen LogP contribution is 2.23. The number of aromatic carboxylic acids is 1. The van der Waals surface area contributed by atoms with E-state index >= 15 is 0 Å². The second-order valence-electron chi connectivity index (χ2n) is 3.58. The molecule has 0 aliphatic rings. The molecule has 0 unspecified atom stereocenters. The van der Waals surface area contributed by atoms with Crippen molar-refractivity contribution in [1.82, 2.24) is 4.98 Å². The summed E-state index contributed by atoms with van der Waals surface area (Å²) in [5, 5.41) is 10.1. The van der Waals surface area contributed by atoms with Crippen LogP contribution in [-0.4, -0.2) is 16.1 Å². The number of nitrogens with zero attached hydrogens (tertiary/aromatic N) is 1. The standard InChI is InChI=1S/C12H10ClNO3S/c1-7-14-5-9(18-7)6-17-8-2-3-11(13)10(4-8)12(15)16/h2-5H,6H2,1H3,(H,15,16). The van der Waals surface area contributed by atoms with Crippen LogP contribution >= 0.6 is 22.9 Å². The third-order valence-corrected chi connectivity index (χ3v) is 3.43. The van der Waals surface area contributed by atoms with E-state index in [4.69, 9.17) is 21.4 Å². The molecule has 1 aromatic heterocycles. The van der Waals surface area contributed by atoms with Crippen molar-refractivity contribution in [2.75, 3.05) is 0 Å². The Bertz CT molecular complexity index is 582. The zero-order valence-electron chi connectivity index (χ0n) is 9.51. The number of ether oxygens (including phenoxy) is 1. The summed E-state index contributed by atoms with van der Waals surface area (Å²) in [5.74, 6) is -0.595. The van der Waals surface area contributed by atoms with Crippen molar-refractivity contribution in [1.29, 1.82) is 0 Å². The number of hydrogen-bond acceptors (Lipinski definition) is 4. The maximum absolute atomic E-state index is 10.9. The van der Waals surface area contributed by atoms with Crippen LogP contribution in [0.3, 0.4) is 0 Å². The molecule has 0 spiro atoms. The van der Waals surface area contributed by atoms with Gasteiger partial charge in [0.15, 0.2) is 0 Å². The minimum atomic E-state index is -1.07. The molecule has 0 amide bonds. The van der Waals surface area contributed by atoms with Crippen LogP contribution < -0.4 is 4.74 Å². The molecule has 0 fully saturated rings. The van der Waals surface area contributed by atoms with Gasteiger partial charge in [0.1, 0.15) is 12.4 Å². The van der Waals surface area contributed by atoms with Crippen LogP contribution in [0.25, 0.3) is 0 Å². The fourth-order valence-corrected chi connectivity index (χ4v) is 2.29. The smallest absolute Gasteiger partial charge is 0.337 e. The van der Waals surface area contributed by atoms with Gasteiger partial charge in [-0.15, -0.1) is 11.3 Å². The summed E-state index contributed by atoms with van der Waals surface area (Å²) in [6, 6.07) is 4.57. The summed E-state index contributed by atoms with van der Waals surface area (Å²) < 4.78 is 5.50. The van der Waals surface area contributed by atoms with Gasteiger partial charge >= 0.3 is 5.97 Å². The van der Waals surface area contributed by atoms with E-state index in [1.54, 1.807) is 23.6 Å². The number of benzene rings is 1. The number of hydrogen-bond donors (Lipinski definition) is 1. The minimum Gasteiger partial charge on any atom is -0.488 e. The maximum atomic E-state index is 10.9. The Morgan fingerprint density at radius 2 is 2.33 bits per heavy atom. The predicted molar refractivity (Wildman–Crippen MR) is 69.6 cm³/mol.